The number of aliphatic hydroxyl groups excluding tert-OH is 1. The second-order valence-electron chi connectivity index (χ2n) is 4.56. The van der Waals surface area contributed by atoms with E-state index in [9.17, 15) is 5.11 Å². The fourth-order valence-corrected chi connectivity index (χ4v) is 3.20. The molecule has 0 aliphatic heterocycles. The van der Waals surface area contributed by atoms with E-state index in [1.165, 1.54) is 9.75 Å². The highest BCUT2D eigenvalue weighted by atomic mass is 32.1. The van der Waals surface area contributed by atoms with Crippen LogP contribution in [0, 0.1) is 0 Å². The summed E-state index contributed by atoms with van der Waals surface area (Å²) in [6, 6.07) is 14.1. The fourth-order valence-electron chi connectivity index (χ4n) is 2.19. The second kappa shape index (κ2) is 6.85. The largest absolute Gasteiger partial charge is 0.390 e. The van der Waals surface area contributed by atoms with E-state index in [4.69, 9.17) is 4.74 Å². The van der Waals surface area contributed by atoms with Crippen LogP contribution in [0.25, 0.3) is 0 Å². The first kappa shape index (κ1) is 14.3. The number of thiophene rings is 1. The summed E-state index contributed by atoms with van der Waals surface area (Å²) in [5.41, 5.74) is 1.02. The Kier molecular flexibility index (Phi) is 5.14. The van der Waals surface area contributed by atoms with Crippen LogP contribution >= 0.6 is 11.3 Å². The van der Waals surface area contributed by atoms with Crippen LogP contribution in [0.15, 0.2) is 42.5 Å². The minimum atomic E-state index is -0.518. The summed E-state index contributed by atoms with van der Waals surface area (Å²) >= 11 is 1.77. The van der Waals surface area contributed by atoms with Crippen molar-refractivity contribution in [3.63, 3.8) is 0 Å². The molecular weight excluding hydrogens is 256 g/mol. The normalized spacial score (nSPS) is 14.3. The highest BCUT2D eigenvalue weighted by Gasteiger charge is 2.21. The smallest absolute Gasteiger partial charge is 0.108 e. The van der Waals surface area contributed by atoms with Crippen molar-refractivity contribution in [3.05, 3.63) is 57.8 Å². The Morgan fingerprint density at radius 3 is 2.37 bits per heavy atom. The van der Waals surface area contributed by atoms with Crippen molar-refractivity contribution in [2.24, 2.45) is 0 Å². The number of benzene rings is 1. The van der Waals surface area contributed by atoms with Gasteiger partial charge >= 0.3 is 0 Å². The molecule has 1 aromatic carbocycles. The number of methoxy groups -OCH3 is 1. The zero-order chi connectivity index (χ0) is 13.7. The lowest BCUT2D eigenvalue weighted by Crippen LogP contribution is -2.22. The Bertz CT molecular complexity index is 492. The third-order valence-electron chi connectivity index (χ3n) is 3.21. The van der Waals surface area contributed by atoms with Gasteiger partial charge in [0.1, 0.15) is 6.10 Å². The summed E-state index contributed by atoms with van der Waals surface area (Å²) in [6.45, 7) is 2.15. The van der Waals surface area contributed by atoms with E-state index in [0.717, 1.165) is 12.0 Å². The third-order valence-corrected chi connectivity index (χ3v) is 4.46. The highest BCUT2D eigenvalue weighted by Crippen LogP contribution is 2.26. The first-order valence-electron chi connectivity index (χ1n) is 6.58. The van der Waals surface area contributed by atoms with Gasteiger partial charge in [-0.3, -0.25) is 0 Å². The number of hydrogen-bond acceptors (Lipinski definition) is 3. The van der Waals surface area contributed by atoms with Gasteiger partial charge in [-0.1, -0.05) is 37.3 Å². The molecule has 0 radical (unpaired) electrons. The molecule has 19 heavy (non-hydrogen) atoms. The Labute approximate surface area is 118 Å². The average Bonchev–Trinajstić information content (AvgIpc) is 2.88. The number of aryl methyl sites for hydroxylation is 1. The SMILES string of the molecule is CCc1ccc(CC(O)C(OC)c2ccccc2)s1. The Hall–Kier alpha value is -1.16. The van der Waals surface area contributed by atoms with Crippen LogP contribution in [0.2, 0.25) is 0 Å². The van der Waals surface area contributed by atoms with Gasteiger partial charge in [0, 0.05) is 23.3 Å². The average molecular weight is 276 g/mol. The summed E-state index contributed by atoms with van der Waals surface area (Å²) in [5.74, 6) is 0. The quantitative estimate of drug-likeness (QED) is 0.873. The van der Waals surface area contributed by atoms with Gasteiger partial charge in [0.05, 0.1) is 6.10 Å². The zero-order valence-electron chi connectivity index (χ0n) is 11.4. The van der Waals surface area contributed by atoms with Gasteiger partial charge in [-0.05, 0) is 24.1 Å². The van der Waals surface area contributed by atoms with Gasteiger partial charge in [0.15, 0.2) is 0 Å². The van der Waals surface area contributed by atoms with Crippen molar-refractivity contribution in [1.82, 2.24) is 0 Å². The molecule has 0 aliphatic carbocycles. The van der Waals surface area contributed by atoms with Gasteiger partial charge in [-0.15, -0.1) is 11.3 Å². The van der Waals surface area contributed by atoms with Crippen LogP contribution in [-0.4, -0.2) is 18.3 Å². The predicted molar refractivity (Wildman–Crippen MR) is 79.6 cm³/mol. The molecule has 0 amide bonds. The van der Waals surface area contributed by atoms with E-state index < -0.39 is 6.10 Å². The molecule has 0 saturated heterocycles. The summed E-state index contributed by atoms with van der Waals surface area (Å²) in [4.78, 5) is 2.57. The Morgan fingerprint density at radius 1 is 1.11 bits per heavy atom. The minimum Gasteiger partial charge on any atom is -0.390 e. The molecule has 0 spiro atoms. The maximum atomic E-state index is 10.4. The molecule has 3 heteroatoms. The van der Waals surface area contributed by atoms with Crippen LogP contribution in [0.3, 0.4) is 0 Å². The van der Waals surface area contributed by atoms with Gasteiger partial charge < -0.3 is 9.84 Å². The summed E-state index contributed by atoms with van der Waals surface area (Å²) in [7, 11) is 1.65. The lowest BCUT2D eigenvalue weighted by molar-refractivity contribution is -0.0124. The molecule has 0 aliphatic rings. The van der Waals surface area contributed by atoms with Gasteiger partial charge in [-0.2, -0.15) is 0 Å². The molecule has 1 aromatic heterocycles. The standard InChI is InChI=1S/C16H20O2S/c1-3-13-9-10-14(19-13)11-15(17)16(18-2)12-7-5-4-6-8-12/h4-10,15-17H,3,11H2,1-2H3. The van der Waals surface area contributed by atoms with E-state index in [2.05, 4.69) is 19.1 Å². The molecule has 0 bridgehead atoms. The van der Waals surface area contributed by atoms with Crippen LogP contribution < -0.4 is 0 Å². The molecule has 2 nitrogen and oxygen atoms in total. The molecular formula is C16H20O2S. The van der Waals surface area contributed by atoms with Crippen molar-refractivity contribution in [3.8, 4) is 0 Å². The fraction of sp³-hybridized carbons (Fsp3) is 0.375. The summed E-state index contributed by atoms with van der Waals surface area (Å²) in [6.07, 6.45) is 0.898. The van der Waals surface area contributed by atoms with E-state index >= 15 is 0 Å². The Balaban J connectivity index is 2.06. The molecule has 2 aromatic rings. The van der Waals surface area contributed by atoms with E-state index in [1.54, 1.807) is 18.4 Å². The maximum absolute atomic E-state index is 10.4. The monoisotopic (exact) mass is 276 g/mol. The van der Waals surface area contributed by atoms with Crippen LogP contribution in [0.4, 0.5) is 0 Å². The molecule has 2 rings (SSSR count). The summed E-state index contributed by atoms with van der Waals surface area (Å²) < 4.78 is 5.46. The van der Waals surface area contributed by atoms with E-state index in [-0.39, 0.29) is 6.10 Å². The van der Waals surface area contributed by atoms with Crippen molar-refractivity contribution < 1.29 is 9.84 Å². The first-order valence-corrected chi connectivity index (χ1v) is 7.39. The first-order chi connectivity index (χ1) is 9.24. The van der Waals surface area contributed by atoms with Crippen molar-refractivity contribution in [2.45, 2.75) is 32.0 Å². The second-order valence-corrected chi connectivity index (χ2v) is 5.81. The molecule has 0 fully saturated rings. The maximum Gasteiger partial charge on any atom is 0.108 e. The van der Waals surface area contributed by atoms with Crippen molar-refractivity contribution in [1.29, 1.82) is 0 Å². The lowest BCUT2D eigenvalue weighted by Gasteiger charge is -2.21. The number of aliphatic hydroxyl groups is 1. The van der Waals surface area contributed by atoms with Crippen molar-refractivity contribution in [2.75, 3.05) is 7.11 Å². The van der Waals surface area contributed by atoms with Gasteiger partial charge in [-0.25, -0.2) is 0 Å². The van der Waals surface area contributed by atoms with Crippen LogP contribution in [-0.2, 0) is 17.6 Å². The van der Waals surface area contributed by atoms with Crippen LogP contribution in [0.1, 0.15) is 28.3 Å². The molecule has 2 unspecified atom stereocenters. The van der Waals surface area contributed by atoms with E-state index in [0.29, 0.717) is 6.42 Å². The van der Waals surface area contributed by atoms with Crippen LogP contribution in [0.5, 0.6) is 0 Å². The number of hydrogen-bond donors (Lipinski definition) is 1. The third kappa shape index (κ3) is 3.66. The molecule has 2 atom stereocenters. The highest BCUT2D eigenvalue weighted by molar-refractivity contribution is 7.11. The Morgan fingerprint density at radius 2 is 1.79 bits per heavy atom. The minimum absolute atomic E-state index is 0.270. The molecule has 102 valence electrons. The zero-order valence-corrected chi connectivity index (χ0v) is 12.2. The number of rotatable bonds is 6. The molecule has 1 N–H and O–H groups in total. The van der Waals surface area contributed by atoms with Gasteiger partial charge in [0.25, 0.3) is 0 Å². The predicted octanol–water partition coefficient (Wildman–Crippen LogP) is 3.60. The molecule has 1 heterocycles. The number of ether oxygens (including phenoxy) is 1. The van der Waals surface area contributed by atoms with Gasteiger partial charge in [0.2, 0.25) is 0 Å². The summed E-state index contributed by atoms with van der Waals surface area (Å²) in [5, 5.41) is 10.4. The topological polar surface area (TPSA) is 29.5 Å². The van der Waals surface area contributed by atoms with E-state index in [1.807, 2.05) is 30.3 Å². The molecule has 0 saturated carbocycles. The van der Waals surface area contributed by atoms with Crippen molar-refractivity contribution >= 4 is 11.3 Å². The lowest BCUT2D eigenvalue weighted by atomic mass is 10.0.